The van der Waals surface area contributed by atoms with Crippen molar-refractivity contribution in [1.82, 2.24) is 19.8 Å². The molecule has 1 saturated heterocycles. The number of hydrogen-bond donors (Lipinski definition) is 1. The number of benzene rings is 1. The molecule has 8 heteroatoms. The Morgan fingerprint density at radius 1 is 1.06 bits per heavy atom. The summed E-state index contributed by atoms with van der Waals surface area (Å²) in [6, 6.07) is 4.89. The molecule has 5 rings (SSSR count). The first-order valence-electron chi connectivity index (χ1n) is 12.1. The summed E-state index contributed by atoms with van der Waals surface area (Å²) in [6.07, 6.45) is 3.26. The molecule has 1 aliphatic carbocycles. The molecule has 182 valence electrons. The molecule has 0 atom stereocenters. The summed E-state index contributed by atoms with van der Waals surface area (Å²) in [5, 5.41) is 3.58. The van der Waals surface area contributed by atoms with Gasteiger partial charge >= 0.3 is 6.18 Å². The molecule has 0 radical (unpaired) electrons. The Balaban J connectivity index is 1.17. The molecule has 0 spiro atoms. The van der Waals surface area contributed by atoms with E-state index in [0.717, 1.165) is 50.3 Å². The lowest BCUT2D eigenvalue weighted by Crippen LogP contribution is -2.40. The van der Waals surface area contributed by atoms with Crippen LogP contribution in [0.4, 0.5) is 19.0 Å². The highest BCUT2D eigenvalue weighted by molar-refractivity contribution is 5.67. The van der Waals surface area contributed by atoms with Gasteiger partial charge in [0.25, 0.3) is 0 Å². The number of rotatable bonds is 5. The van der Waals surface area contributed by atoms with Crippen molar-refractivity contribution in [1.29, 1.82) is 0 Å². The zero-order valence-corrected chi connectivity index (χ0v) is 19.9. The summed E-state index contributed by atoms with van der Waals surface area (Å²) >= 11 is 0. The molecule has 5 nitrogen and oxygen atoms in total. The van der Waals surface area contributed by atoms with E-state index < -0.39 is 12.7 Å². The topological polar surface area (TPSA) is 44.3 Å². The van der Waals surface area contributed by atoms with E-state index in [9.17, 15) is 13.2 Å². The Kier molecular flexibility index (Phi) is 6.37. The molecule has 3 aliphatic rings. The van der Waals surface area contributed by atoms with E-state index in [1.807, 2.05) is 0 Å². The Morgan fingerprint density at radius 2 is 1.85 bits per heavy atom. The van der Waals surface area contributed by atoms with Crippen LogP contribution in [-0.2, 0) is 25.9 Å². The molecule has 0 saturated carbocycles. The van der Waals surface area contributed by atoms with Crippen LogP contribution in [0.2, 0.25) is 0 Å². The number of aromatic nitrogens is 2. The van der Waals surface area contributed by atoms with Gasteiger partial charge in [0.2, 0.25) is 0 Å². The Morgan fingerprint density at radius 3 is 2.62 bits per heavy atom. The second-order valence-electron chi connectivity index (χ2n) is 10.0. The van der Waals surface area contributed by atoms with Gasteiger partial charge in [-0.3, -0.25) is 9.80 Å². The maximum atomic E-state index is 12.8. The molecule has 0 bridgehead atoms. The van der Waals surface area contributed by atoms with E-state index in [1.165, 1.54) is 39.1 Å². The molecule has 2 aliphatic heterocycles. The number of hydrogen-bond acceptors (Lipinski definition) is 5. The standard InChI is InChI=1S/C26H32F3N5/c1-17-11-19-3-4-20(18(2)23(19)12-17)13-33-8-5-21(6-9-33)32-25-22-7-10-34(15-26(27,28)29)14-24(22)30-16-31-25/h3-4,12,16,21H,5-11,13-15H2,1-2H3,(H,30,31,32). The summed E-state index contributed by atoms with van der Waals surface area (Å²) < 4.78 is 38.3. The molecule has 2 aromatic rings. The van der Waals surface area contributed by atoms with Crippen LogP contribution in [0.15, 0.2) is 24.0 Å². The zero-order valence-electron chi connectivity index (χ0n) is 19.9. The second kappa shape index (κ2) is 9.30. The fourth-order valence-electron chi connectivity index (χ4n) is 5.55. The summed E-state index contributed by atoms with van der Waals surface area (Å²) in [6.45, 7) is 7.14. The zero-order chi connectivity index (χ0) is 23.9. The largest absolute Gasteiger partial charge is 0.401 e. The third-order valence-corrected chi connectivity index (χ3v) is 7.39. The molecule has 0 amide bonds. The molecule has 0 unspecified atom stereocenters. The van der Waals surface area contributed by atoms with E-state index in [4.69, 9.17) is 0 Å². The first-order valence-corrected chi connectivity index (χ1v) is 12.1. The van der Waals surface area contributed by atoms with Crippen LogP contribution in [0.3, 0.4) is 0 Å². The SMILES string of the molecule is CC1=Cc2c(ccc(CN3CCC(Nc4ncnc5c4CCN(CC(F)(F)F)C5)CC3)c2C)C1. The highest BCUT2D eigenvalue weighted by atomic mass is 19.4. The van der Waals surface area contributed by atoms with E-state index in [-0.39, 0.29) is 6.54 Å². The smallest absolute Gasteiger partial charge is 0.367 e. The van der Waals surface area contributed by atoms with Crippen LogP contribution in [0.1, 0.15) is 53.3 Å². The van der Waals surface area contributed by atoms with Crippen LogP contribution in [0.25, 0.3) is 6.08 Å². The van der Waals surface area contributed by atoms with E-state index >= 15 is 0 Å². The van der Waals surface area contributed by atoms with Crippen molar-refractivity contribution in [3.05, 3.63) is 57.5 Å². The van der Waals surface area contributed by atoms with Crippen molar-refractivity contribution >= 4 is 11.9 Å². The molecule has 34 heavy (non-hydrogen) atoms. The number of anilines is 1. The van der Waals surface area contributed by atoms with Gasteiger partial charge in [0.15, 0.2) is 0 Å². The van der Waals surface area contributed by atoms with Crippen molar-refractivity contribution < 1.29 is 13.2 Å². The molecular formula is C26H32F3N5. The number of alkyl halides is 3. The van der Waals surface area contributed by atoms with Crippen molar-refractivity contribution in [2.45, 2.75) is 64.8 Å². The molecule has 1 aromatic carbocycles. The van der Waals surface area contributed by atoms with Crippen molar-refractivity contribution in [2.24, 2.45) is 0 Å². The van der Waals surface area contributed by atoms with Gasteiger partial charge in [-0.25, -0.2) is 9.97 Å². The van der Waals surface area contributed by atoms with E-state index in [2.05, 4.69) is 52.2 Å². The first kappa shape index (κ1) is 23.3. The van der Waals surface area contributed by atoms with Gasteiger partial charge < -0.3 is 5.32 Å². The third-order valence-electron chi connectivity index (χ3n) is 7.39. The minimum atomic E-state index is -4.19. The van der Waals surface area contributed by atoms with Gasteiger partial charge in [-0.2, -0.15) is 13.2 Å². The fourth-order valence-corrected chi connectivity index (χ4v) is 5.55. The first-order chi connectivity index (χ1) is 16.2. The number of nitrogens with one attached hydrogen (secondary N) is 1. The predicted octanol–water partition coefficient (Wildman–Crippen LogP) is 4.74. The van der Waals surface area contributed by atoms with Gasteiger partial charge in [0, 0.05) is 44.3 Å². The van der Waals surface area contributed by atoms with Gasteiger partial charge in [0.05, 0.1) is 12.2 Å². The number of allylic oxidation sites excluding steroid dienone is 1. The maximum Gasteiger partial charge on any atom is 0.401 e. The van der Waals surface area contributed by atoms with Gasteiger partial charge in [-0.15, -0.1) is 0 Å². The molecule has 1 fully saturated rings. The molecular weight excluding hydrogens is 439 g/mol. The van der Waals surface area contributed by atoms with Crippen molar-refractivity contribution in [2.75, 3.05) is 31.5 Å². The number of fused-ring (bicyclic) bond motifs is 2. The highest BCUT2D eigenvalue weighted by Crippen LogP contribution is 2.31. The van der Waals surface area contributed by atoms with Gasteiger partial charge in [-0.1, -0.05) is 23.8 Å². The lowest BCUT2D eigenvalue weighted by atomic mass is 9.97. The van der Waals surface area contributed by atoms with Crippen LogP contribution in [-0.4, -0.2) is 58.2 Å². The Labute approximate surface area is 199 Å². The summed E-state index contributed by atoms with van der Waals surface area (Å²) in [5.74, 6) is 0.798. The van der Waals surface area contributed by atoms with Crippen molar-refractivity contribution in [3.63, 3.8) is 0 Å². The normalized spacial score (nSPS) is 19.6. The lowest BCUT2D eigenvalue weighted by Gasteiger charge is -2.34. The van der Waals surface area contributed by atoms with E-state index in [0.29, 0.717) is 24.7 Å². The minimum absolute atomic E-state index is 0.222. The summed E-state index contributed by atoms with van der Waals surface area (Å²) in [4.78, 5) is 12.6. The van der Waals surface area contributed by atoms with Crippen LogP contribution in [0.5, 0.6) is 0 Å². The number of likely N-dealkylation sites (tertiary alicyclic amines) is 1. The number of nitrogens with zero attached hydrogens (tertiary/aromatic N) is 4. The van der Waals surface area contributed by atoms with Gasteiger partial charge in [0.1, 0.15) is 12.1 Å². The van der Waals surface area contributed by atoms with Gasteiger partial charge in [-0.05, 0) is 61.8 Å². The summed E-state index contributed by atoms with van der Waals surface area (Å²) in [5.41, 5.74) is 8.78. The monoisotopic (exact) mass is 471 g/mol. The Bertz CT molecular complexity index is 1090. The molecule has 3 heterocycles. The second-order valence-corrected chi connectivity index (χ2v) is 10.0. The predicted molar refractivity (Wildman–Crippen MR) is 128 cm³/mol. The van der Waals surface area contributed by atoms with Crippen molar-refractivity contribution in [3.8, 4) is 0 Å². The van der Waals surface area contributed by atoms with Crippen LogP contribution in [0, 0.1) is 6.92 Å². The average molecular weight is 472 g/mol. The fraction of sp³-hybridized carbons (Fsp3) is 0.538. The average Bonchev–Trinajstić information content (AvgIpc) is 3.17. The van der Waals surface area contributed by atoms with E-state index in [1.54, 1.807) is 0 Å². The maximum absolute atomic E-state index is 12.8. The molecule has 1 aromatic heterocycles. The third kappa shape index (κ3) is 5.13. The minimum Gasteiger partial charge on any atom is -0.367 e. The van der Waals surface area contributed by atoms with Crippen LogP contribution < -0.4 is 5.32 Å². The lowest BCUT2D eigenvalue weighted by molar-refractivity contribution is -0.147. The van der Waals surface area contributed by atoms with Crippen LogP contribution >= 0.6 is 0 Å². The summed E-state index contributed by atoms with van der Waals surface area (Å²) in [7, 11) is 0. The quantitative estimate of drug-likeness (QED) is 0.683. The Hall–Kier alpha value is -2.45. The highest BCUT2D eigenvalue weighted by Gasteiger charge is 2.33. The number of piperidine rings is 1. The number of halogens is 3. The molecule has 1 N–H and O–H groups in total.